The zero-order valence-electron chi connectivity index (χ0n) is 9.24. The minimum absolute atomic E-state index is 0.126. The van der Waals surface area contributed by atoms with E-state index in [1.807, 2.05) is 0 Å². The summed E-state index contributed by atoms with van der Waals surface area (Å²) < 4.78 is 4.28. The Morgan fingerprint density at radius 2 is 2.07 bits per heavy atom. The Kier molecular flexibility index (Phi) is 5.24. The average Bonchev–Trinajstić information content (AvgIpc) is 2.10. The van der Waals surface area contributed by atoms with Gasteiger partial charge >= 0.3 is 5.97 Å². The number of hydrogen-bond acceptors (Lipinski definition) is 5. The van der Waals surface area contributed by atoms with Crippen molar-refractivity contribution in [1.29, 1.82) is 0 Å². The molecule has 0 aromatic heterocycles. The molecule has 0 aromatic carbocycles. The van der Waals surface area contributed by atoms with Crippen molar-refractivity contribution in [1.82, 2.24) is 5.32 Å². The highest BCUT2D eigenvalue weighted by molar-refractivity contribution is 5.79. The van der Waals surface area contributed by atoms with Crippen LogP contribution in [0.1, 0.15) is 20.3 Å². The summed E-state index contributed by atoms with van der Waals surface area (Å²) in [6.07, 6.45) is -1.21. The van der Waals surface area contributed by atoms with Gasteiger partial charge in [0.05, 0.1) is 13.7 Å². The summed E-state index contributed by atoms with van der Waals surface area (Å²) in [6, 6.07) is 0. The number of hydrogen-bond donors (Lipinski definition) is 3. The van der Waals surface area contributed by atoms with Crippen LogP contribution in [0.25, 0.3) is 0 Å². The highest BCUT2D eigenvalue weighted by atomic mass is 16.5. The summed E-state index contributed by atoms with van der Waals surface area (Å²) in [6.45, 7) is 3.26. The van der Waals surface area contributed by atoms with Crippen LogP contribution in [0.15, 0.2) is 0 Å². The second kappa shape index (κ2) is 5.67. The largest absolute Gasteiger partial charge is 0.467 e. The van der Waals surface area contributed by atoms with Crippen LogP contribution >= 0.6 is 0 Å². The first-order valence-corrected chi connectivity index (χ1v) is 4.58. The standard InChI is InChI=1S/C9H18N2O4/c1-9(2,10)4-7(13)11-5-6(12)8(14)15-3/h6,12H,4-5,10H2,1-3H3,(H,11,13). The molecular weight excluding hydrogens is 200 g/mol. The van der Waals surface area contributed by atoms with E-state index in [1.165, 1.54) is 0 Å². The number of carbonyl (C=O) groups excluding carboxylic acids is 2. The minimum atomic E-state index is -1.33. The molecule has 0 aliphatic heterocycles. The Hall–Kier alpha value is -1.14. The zero-order valence-corrected chi connectivity index (χ0v) is 9.24. The molecule has 6 heteroatoms. The van der Waals surface area contributed by atoms with Crippen molar-refractivity contribution in [3.8, 4) is 0 Å². The zero-order chi connectivity index (χ0) is 12.1. The molecule has 88 valence electrons. The third-order valence-electron chi connectivity index (χ3n) is 1.58. The first kappa shape index (κ1) is 13.9. The van der Waals surface area contributed by atoms with Gasteiger partial charge in [-0.05, 0) is 13.8 Å². The van der Waals surface area contributed by atoms with Gasteiger partial charge in [-0.15, -0.1) is 0 Å². The molecule has 0 rings (SSSR count). The number of aliphatic hydroxyl groups excluding tert-OH is 1. The van der Waals surface area contributed by atoms with Crippen molar-refractivity contribution in [2.24, 2.45) is 5.73 Å². The summed E-state index contributed by atoms with van der Waals surface area (Å²) in [5.74, 6) is -1.09. The molecule has 0 saturated heterocycles. The van der Waals surface area contributed by atoms with Crippen LogP contribution < -0.4 is 11.1 Å². The number of rotatable bonds is 5. The average molecular weight is 218 g/mol. The number of esters is 1. The molecule has 0 aliphatic rings. The van der Waals surface area contributed by atoms with Gasteiger partial charge in [0.2, 0.25) is 5.91 Å². The second-order valence-electron chi connectivity index (χ2n) is 4.01. The van der Waals surface area contributed by atoms with Crippen molar-refractivity contribution >= 4 is 11.9 Å². The SMILES string of the molecule is COC(=O)C(O)CNC(=O)CC(C)(C)N. The second-order valence-corrected chi connectivity index (χ2v) is 4.01. The van der Waals surface area contributed by atoms with Crippen molar-refractivity contribution in [2.45, 2.75) is 31.9 Å². The summed E-state index contributed by atoms with van der Waals surface area (Å²) in [5, 5.41) is 11.5. The molecule has 0 heterocycles. The first-order chi connectivity index (χ1) is 6.76. The Morgan fingerprint density at radius 3 is 2.47 bits per heavy atom. The lowest BCUT2D eigenvalue weighted by Gasteiger charge is -2.18. The monoisotopic (exact) mass is 218 g/mol. The summed E-state index contributed by atoms with van der Waals surface area (Å²) in [7, 11) is 1.16. The smallest absolute Gasteiger partial charge is 0.336 e. The van der Waals surface area contributed by atoms with Crippen LogP contribution in [0.5, 0.6) is 0 Å². The molecule has 0 spiro atoms. The van der Waals surface area contributed by atoms with E-state index in [-0.39, 0.29) is 18.9 Å². The normalized spacial score (nSPS) is 13.1. The molecule has 0 saturated carbocycles. The Bertz CT molecular complexity index is 235. The van der Waals surface area contributed by atoms with E-state index in [0.717, 1.165) is 7.11 Å². The third-order valence-corrected chi connectivity index (χ3v) is 1.58. The van der Waals surface area contributed by atoms with Gasteiger partial charge in [0.25, 0.3) is 0 Å². The van der Waals surface area contributed by atoms with E-state index in [9.17, 15) is 9.59 Å². The van der Waals surface area contributed by atoms with Crippen molar-refractivity contribution in [3.05, 3.63) is 0 Å². The topological polar surface area (TPSA) is 102 Å². The van der Waals surface area contributed by atoms with Gasteiger partial charge in [0, 0.05) is 12.0 Å². The molecule has 0 aliphatic carbocycles. The molecule has 6 nitrogen and oxygen atoms in total. The van der Waals surface area contributed by atoms with Gasteiger partial charge in [0.1, 0.15) is 0 Å². The predicted octanol–water partition coefficient (Wildman–Crippen LogP) is -1.24. The van der Waals surface area contributed by atoms with Crippen molar-refractivity contribution in [2.75, 3.05) is 13.7 Å². The summed E-state index contributed by atoms with van der Waals surface area (Å²) in [5.41, 5.74) is 5.00. The van der Waals surface area contributed by atoms with Crippen molar-refractivity contribution in [3.63, 3.8) is 0 Å². The molecule has 0 fully saturated rings. The van der Waals surface area contributed by atoms with E-state index in [2.05, 4.69) is 10.1 Å². The van der Waals surface area contributed by atoms with Crippen LogP contribution in [0.2, 0.25) is 0 Å². The number of nitrogens with one attached hydrogen (secondary N) is 1. The molecule has 1 amide bonds. The van der Waals surface area contributed by atoms with Crippen LogP contribution in [-0.2, 0) is 14.3 Å². The minimum Gasteiger partial charge on any atom is -0.467 e. The number of amides is 1. The fraction of sp³-hybridized carbons (Fsp3) is 0.778. The predicted molar refractivity (Wildman–Crippen MR) is 53.9 cm³/mol. The maximum Gasteiger partial charge on any atom is 0.336 e. The van der Waals surface area contributed by atoms with Gasteiger partial charge in [-0.1, -0.05) is 0 Å². The van der Waals surface area contributed by atoms with Gasteiger partial charge in [-0.25, -0.2) is 4.79 Å². The molecular formula is C9H18N2O4. The quantitative estimate of drug-likeness (QED) is 0.501. The maximum atomic E-state index is 11.2. The molecule has 0 bridgehead atoms. The lowest BCUT2D eigenvalue weighted by Crippen LogP contribution is -2.42. The Morgan fingerprint density at radius 1 is 1.53 bits per heavy atom. The van der Waals surface area contributed by atoms with Gasteiger partial charge in [0.15, 0.2) is 6.10 Å². The van der Waals surface area contributed by atoms with E-state index in [1.54, 1.807) is 13.8 Å². The highest BCUT2D eigenvalue weighted by Crippen LogP contribution is 2.02. The van der Waals surface area contributed by atoms with Crippen LogP contribution in [0.3, 0.4) is 0 Å². The third kappa shape index (κ3) is 6.87. The highest BCUT2D eigenvalue weighted by Gasteiger charge is 2.19. The van der Waals surface area contributed by atoms with E-state index < -0.39 is 17.6 Å². The number of methoxy groups -OCH3 is 1. The van der Waals surface area contributed by atoms with Crippen LogP contribution in [0.4, 0.5) is 0 Å². The molecule has 4 N–H and O–H groups in total. The Labute approximate surface area is 88.8 Å². The molecule has 15 heavy (non-hydrogen) atoms. The Balaban J connectivity index is 3.86. The maximum absolute atomic E-state index is 11.2. The summed E-state index contributed by atoms with van der Waals surface area (Å²) in [4.78, 5) is 22.0. The van der Waals surface area contributed by atoms with Gasteiger partial charge in [-0.2, -0.15) is 0 Å². The number of aliphatic hydroxyl groups is 1. The molecule has 0 aromatic rings. The van der Waals surface area contributed by atoms with E-state index in [0.29, 0.717) is 0 Å². The van der Waals surface area contributed by atoms with Gasteiger partial charge < -0.3 is 20.9 Å². The molecule has 0 radical (unpaired) electrons. The number of nitrogens with two attached hydrogens (primary N) is 1. The van der Waals surface area contributed by atoms with Gasteiger partial charge in [-0.3, -0.25) is 4.79 Å². The molecule has 1 unspecified atom stereocenters. The van der Waals surface area contributed by atoms with E-state index in [4.69, 9.17) is 10.8 Å². The lowest BCUT2D eigenvalue weighted by molar-refractivity contribution is -0.150. The number of ether oxygens (including phenoxy) is 1. The summed E-state index contributed by atoms with van der Waals surface area (Å²) >= 11 is 0. The number of carbonyl (C=O) groups is 2. The van der Waals surface area contributed by atoms with Crippen molar-refractivity contribution < 1.29 is 19.4 Å². The van der Waals surface area contributed by atoms with E-state index >= 15 is 0 Å². The first-order valence-electron chi connectivity index (χ1n) is 4.58. The van der Waals surface area contributed by atoms with Crippen LogP contribution in [-0.4, -0.2) is 42.3 Å². The lowest BCUT2D eigenvalue weighted by atomic mass is 10.0. The fourth-order valence-electron chi connectivity index (χ4n) is 0.906. The molecule has 1 atom stereocenters. The fourth-order valence-corrected chi connectivity index (χ4v) is 0.906. The van der Waals surface area contributed by atoms with Crippen LogP contribution in [0, 0.1) is 0 Å².